The van der Waals surface area contributed by atoms with Gasteiger partial charge in [-0.1, -0.05) is 364 Å². The highest BCUT2D eigenvalue weighted by Gasteiger charge is 2.30. The van der Waals surface area contributed by atoms with Crippen LogP contribution in [0.5, 0.6) is 0 Å². The van der Waals surface area contributed by atoms with Crippen molar-refractivity contribution in [1.29, 1.82) is 0 Å². The van der Waals surface area contributed by atoms with Crippen molar-refractivity contribution >= 4 is 39.5 Å². The van der Waals surface area contributed by atoms with Crippen LogP contribution in [0, 0.1) is 23.7 Å². The summed E-state index contributed by atoms with van der Waals surface area (Å²) in [6, 6.07) is 0. The van der Waals surface area contributed by atoms with Gasteiger partial charge in [0.15, 0.2) is 12.2 Å². The van der Waals surface area contributed by atoms with Crippen LogP contribution in [0.15, 0.2) is 0 Å². The van der Waals surface area contributed by atoms with E-state index < -0.39 is 97.5 Å². The maximum absolute atomic E-state index is 13.1. The predicted molar refractivity (Wildman–Crippen MR) is 409 cm³/mol. The Labute approximate surface area is 613 Å². The molecule has 4 unspecified atom stereocenters. The number of phosphoric ester groups is 2. The molecule has 19 heteroatoms. The predicted octanol–water partition coefficient (Wildman–Crippen LogP) is 24.0. The van der Waals surface area contributed by atoms with Gasteiger partial charge in [-0.25, -0.2) is 9.13 Å². The zero-order valence-corrected chi connectivity index (χ0v) is 67.6. The van der Waals surface area contributed by atoms with Crippen molar-refractivity contribution in [2.24, 2.45) is 23.7 Å². The molecule has 0 heterocycles. The van der Waals surface area contributed by atoms with Gasteiger partial charge in [-0.15, -0.1) is 0 Å². The summed E-state index contributed by atoms with van der Waals surface area (Å²) in [7, 11) is -9.92. The molecule has 6 atom stereocenters. The van der Waals surface area contributed by atoms with Crippen molar-refractivity contribution in [1.82, 2.24) is 0 Å². The fourth-order valence-electron chi connectivity index (χ4n) is 12.4. The number of esters is 4. The Bertz CT molecular complexity index is 1960. The summed E-state index contributed by atoms with van der Waals surface area (Å²) in [5.41, 5.74) is 0. The number of phosphoric acid groups is 2. The van der Waals surface area contributed by atoms with E-state index in [0.717, 1.165) is 114 Å². The van der Waals surface area contributed by atoms with Gasteiger partial charge in [0.1, 0.15) is 19.3 Å². The molecule has 0 aliphatic rings. The lowest BCUT2D eigenvalue weighted by molar-refractivity contribution is -0.161. The lowest BCUT2D eigenvalue weighted by Gasteiger charge is -2.21. The highest BCUT2D eigenvalue weighted by atomic mass is 31.2. The molecule has 0 aliphatic heterocycles. The van der Waals surface area contributed by atoms with Gasteiger partial charge >= 0.3 is 39.5 Å². The summed E-state index contributed by atoms with van der Waals surface area (Å²) in [5.74, 6) is 1.01. The number of carbonyl (C=O) groups is 4. The Morgan fingerprint density at radius 3 is 0.710 bits per heavy atom. The standard InChI is InChI=1S/C81H158O17P2/c1-9-74(8)60-52-44-36-27-23-24-30-40-48-56-64-81(86)98-77(68-92-79(84)62-54-46-38-32-31-35-43-51-59-73(6)7)70-96-100(89,90)94-66-75(82)65-93-99(87,88)95-69-76(67-91-78(83)61-53-45-37-28-22-18-20-26-34-42-50-58-72(4)5)97-80(85)63-55-47-39-29-21-17-15-13-11-10-12-14-16-19-25-33-41-49-57-71(2)3/h71-77,82H,9-70H2,1-8H3,(H,87,88)(H,89,90)/t74?,75?,76-,77-/m1/s1. The summed E-state index contributed by atoms with van der Waals surface area (Å²) < 4.78 is 68.7. The minimum absolute atomic E-state index is 0.105. The third-order valence-corrected chi connectivity index (χ3v) is 21.1. The highest BCUT2D eigenvalue weighted by molar-refractivity contribution is 7.47. The fourth-order valence-corrected chi connectivity index (χ4v) is 14.0. The first-order valence-electron chi connectivity index (χ1n) is 41.7. The average Bonchev–Trinajstić information content (AvgIpc) is 0.921. The monoisotopic (exact) mass is 1470 g/mol. The molecule has 0 aromatic heterocycles. The molecule has 0 aliphatic carbocycles. The number of rotatable bonds is 78. The zero-order valence-electron chi connectivity index (χ0n) is 65.8. The molecule has 0 rings (SSSR count). The first-order valence-corrected chi connectivity index (χ1v) is 44.7. The average molecular weight is 1470 g/mol. The van der Waals surface area contributed by atoms with Crippen LogP contribution in [-0.4, -0.2) is 96.7 Å². The second-order valence-corrected chi connectivity index (χ2v) is 33.7. The second kappa shape index (κ2) is 70.1. The molecule has 100 heavy (non-hydrogen) atoms. The first kappa shape index (κ1) is 98.1. The number of carbonyl (C=O) groups excluding carboxylic acids is 4. The van der Waals surface area contributed by atoms with E-state index in [0.29, 0.717) is 25.7 Å². The van der Waals surface area contributed by atoms with E-state index in [1.54, 1.807) is 0 Å². The zero-order chi connectivity index (χ0) is 73.8. The second-order valence-electron chi connectivity index (χ2n) is 30.8. The Kier molecular flexibility index (Phi) is 68.7. The number of ether oxygens (including phenoxy) is 4. The molecular formula is C81H158O17P2. The lowest BCUT2D eigenvalue weighted by atomic mass is 9.99. The molecule has 0 bridgehead atoms. The van der Waals surface area contributed by atoms with Crippen molar-refractivity contribution in [3.63, 3.8) is 0 Å². The van der Waals surface area contributed by atoms with E-state index in [2.05, 4.69) is 55.4 Å². The Hall–Kier alpha value is -1.94. The third kappa shape index (κ3) is 73.0. The normalized spacial score (nSPS) is 14.3. The molecule has 0 fully saturated rings. The molecule has 0 saturated carbocycles. The van der Waals surface area contributed by atoms with Crippen LogP contribution < -0.4 is 0 Å². The number of unbranched alkanes of at least 4 members (excludes halogenated alkanes) is 43. The van der Waals surface area contributed by atoms with Crippen LogP contribution in [0.2, 0.25) is 0 Å². The molecule has 594 valence electrons. The maximum Gasteiger partial charge on any atom is 0.472 e. The molecule has 0 aromatic carbocycles. The Morgan fingerprint density at radius 2 is 0.480 bits per heavy atom. The SMILES string of the molecule is CCC(C)CCCCCCCCCCCCC(=O)O[C@H](COC(=O)CCCCCCCCCCC(C)C)COP(=O)(O)OCC(O)COP(=O)(O)OC[C@@H](COC(=O)CCCCCCCCCCCCCC(C)C)OC(=O)CCCCCCCCCCCCCCCCCCCCC(C)C. The van der Waals surface area contributed by atoms with Gasteiger partial charge in [-0.2, -0.15) is 0 Å². The van der Waals surface area contributed by atoms with Crippen LogP contribution in [0.4, 0.5) is 0 Å². The maximum atomic E-state index is 13.1. The summed E-state index contributed by atoms with van der Waals surface area (Å²) in [5, 5.41) is 10.6. The summed E-state index contributed by atoms with van der Waals surface area (Å²) in [6.45, 7) is 14.3. The molecular weight excluding hydrogens is 1310 g/mol. The Morgan fingerprint density at radius 1 is 0.280 bits per heavy atom. The molecule has 17 nitrogen and oxygen atoms in total. The summed E-state index contributed by atoms with van der Waals surface area (Å²) in [6.07, 6.45) is 56.9. The third-order valence-electron chi connectivity index (χ3n) is 19.2. The van der Waals surface area contributed by atoms with Crippen molar-refractivity contribution < 1.29 is 80.2 Å². The quantitative estimate of drug-likeness (QED) is 0.0222. The molecule has 3 N–H and O–H groups in total. The molecule has 0 amide bonds. The van der Waals surface area contributed by atoms with Crippen LogP contribution >= 0.6 is 15.6 Å². The van der Waals surface area contributed by atoms with E-state index in [1.165, 1.54) is 218 Å². The van der Waals surface area contributed by atoms with Crippen molar-refractivity contribution in [3.8, 4) is 0 Å². The van der Waals surface area contributed by atoms with Crippen molar-refractivity contribution in [2.75, 3.05) is 39.6 Å². The molecule has 0 radical (unpaired) electrons. The fraction of sp³-hybridized carbons (Fsp3) is 0.951. The van der Waals surface area contributed by atoms with E-state index in [4.69, 9.17) is 37.0 Å². The number of aliphatic hydroxyl groups is 1. The smallest absolute Gasteiger partial charge is 0.462 e. The minimum atomic E-state index is -4.96. The molecule has 0 aromatic rings. The largest absolute Gasteiger partial charge is 0.472 e. The highest BCUT2D eigenvalue weighted by Crippen LogP contribution is 2.45. The van der Waals surface area contributed by atoms with Crippen molar-refractivity contribution in [3.05, 3.63) is 0 Å². The van der Waals surface area contributed by atoms with E-state index in [1.807, 2.05) is 0 Å². The van der Waals surface area contributed by atoms with E-state index in [9.17, 15) is 43.2 Å². The van der Waals surface area contributed by atoms with Crippen LogP contribution in [0.3, 0.4) is 0 Å². The number of hydrogen-bond donors (Lipinski definition) is 3. The van der Waals surface area contributed by atoms with Crippen LogP contribution in [0.1, 0.15) is 415 Å². The van der Waals surface area contributed by atoms with Gasteiger partial charge in [-0.3, -0.25) is 37.3 Å². The van der Waals surface area contributed by atoms with Crippen LogP contribution in [0.25, 0.3) is 0 Å². The topological polar surface area (TPSA) is 237 Å². The number of hydrogen-bond acceptors (Lipinski definition) is 15. The lowest BCUT2D eigenvalue weighted by Crippen LogP contribution is -2.30. The van der Waals surface area contributed by atoms with Crippen LogP contribution in [-0.2, 0) is 65.4 Å². The van der Waals surface area contributed by atoms with Gasteiger partial charge in [0.2, 0.25) is 0 Å². The van der Waals surface area contributed by atoms with E-state index >= 15 is 0 Å². The summed E-state index contributed by atoms with van der Waals surface area (Å²) in [4.78, 5) is 73.0. The summed E-state index contributed by atoms with van der Waals surface area (Å²) >= 11 is 0. The van der Waals surface area contributed by atoms with Gasteiger partial charge in [0, 0.05) is 25.7 Å². The molecule has 0 saturated heterocycles. The van der Waals surface area contributed by atoms with Gasteiger partial charge in [0.25, 0.3) is 0 Å². The minimum Gasteiger partial charge on any atom is -0.462 e. The van der Waals surface area contributed by atoms with Gasteiger partial charge in [-0.05, 0) is 49.4 Å². The van der Waals surface area contributed by atoms with Crippen molar-refractivity contribution in [2.45, 2.75) is 433 Å². The van der Waals surface area contributed by atoms with Gasteiger partial charge in [0.05, 0.1) is 26.4 Å². The number of aliphatic hydroxyl groups excluding tert-OH is 1. The van der Waals surface area contributed by atoms with Gasteiger partial charge < -0.3 is 33.8 Å². The first-order chi connectivity index (χ1) is 48.1. The molecule has 0 spiro atoms. The Balaban J connectivity index is 5.24. The van der Waals surface area contributed by atoms with E-state index in [-0.39, 0.29) is 25.7 Å².